The molecule has 4 nitrogen and oxygen atoms in total. The zero-order valence-corrected chi connectivity index (χ0v) is 11.8. The van der Waals surface area contributed by atoms with Gasteiger partial charge in [-0.1, -0.05) is 25.1 Å². The maximum Gasteiger partial charge on any atom is 0.237 e. The normalized spacial score (nSPS) is 20.3. The van der Waals surface area contributed by atoms with E-state index in [0.717, 1.165) is 17.7 Å². The van der Waals surface area contributed by atoms with Crippen LogP contribution >= 0.6 is 0 Å². The fourth-order valence-corrected chi connectivity index (χ4v) is 2.15. The third-order valence-corrected chi connectivity index (χ3v) is 3.55. The van der Waals surface area contributed by atoms with Gasteiger partial charge in [0, 0.05) is 11.6 Å². The monoisotopic (exact) mass is 262 g/mol. The van der Waals surface area contributed by atoms with E-state index in [-0.39, 0.29) is 24.0 Å². The number of carbonyl (C=O) groups excluding carboxylic acids is 1. The molecule has 4 heteroatoms. The smallest absolute Gasteiger partial charge is 0.237 e. The molecule has 1 heterocycles. The van der Waals surface area contributed by atoms with Crippen LogP contribution in [0.15, 0.2) is 24.3 Å². The molecule has 1 aliphatic rings. The minimum atomic E-state index is -0.228. The van der Waals surface area contributed by atoms with Gasteiger partial charge in [-0.2, -0.15) is 0 Å². The highest BCUT2D eigenvalue weighted by atomic mass is 16.5. The first-order valence-electron chi connectivity index (χ1n) is 6.90. The summed E-state index contributed by atoms with van der Waals surface area (Å²) in [6.45, 7) is 6.54. The summed E-state index contributed by atoms with van der Waals surface area (Å²) in [4.78, 5) is 12.0. The molecular formula is C15H22N2O2. The molecule has 19 heavy (non-hydrogen) atoms. The standard InChI is InChI=1S/C15H22N2O2/c1-4-10(2)16-15(18)11(3)17-13-9-19-14-8-6-5-7-12(13)14/h5-8,10-11,13,17H,4,9H2,1-3H3,(H,16,18). The highest BCUT2D eigenvalue weighted by Crippen LogP contribution is 2.31. The van der Waals surface area contributed by atoms with Gasteiger partial charge in [0.25, 0.3) is 0 Å². The molecule has 3 atom stereocenters. The van der Waals surface area contributed by atoms with Crippen molar-refractivity contribution < 1.29 is 9.53 Å². The van der Waals surface area contributed by atoms with E-state index in [1.165, 1.54) is 0 Å². The van der Waals surface area contributed by atoms with Crippen molar-refractivity contribution in [2.45, 2.75) is 45.3 Å². The predicted molar refractivity (Wildman–Crippen MR) is 75.2 cm³/mol. The lowest BCUT2D eigenvalue weighted by Crippen LogP contribution is -2.46. The molecule has 1 aromatic carbocycles. The van der Waals surface area contributed by atoms with E-state index in [9.17, 15) is 4.79 Å². The molecular weight excluding hydrogens is 240 g/mol. The molecule has 0 aliphatic carbocycles. The summed E-state index contributed by atoms with van der Waals surface area (Å²) in [5.41, 5.74) is 1.13. The van der Waals surface area contributed by atoms with E-state index in [1.54, 1.807) is 0 Å². The van der Waals surface area contributed by atoms with Gasteiger partial charge in [0.15, 0.2) is 0 Å². The average molecular weight is 262 g/mol. The molecule has 0 bridgehead atoms. The Labute approximate surface area is 114 Å². The third-order valence-electron chi connectivity index (χ3n) is 3.55. The number of carbonyl (C=O) groups is 1. The molecule has 3 unspecified atom stereocenters. The second kappa shape index (κ2) is 6.06. The van der Waals surface area contributed by atoms with E-state index >= 15 is 0 Å². The lowest BCUT2D eigenvalue weighted by atomic mass is 10.1. The number of amides is 1. The Hall–Kier alpha value is -1.55. The summed E-state index contributed by atoms with van der Waals surface area (Å²) >= 11 is 0. The van der Waals surface area contributed by atoms with Crippen molar-refractivity contribution in [2.75, 3.05) is 6.61 Å². The van der Waals surface area contributed by atoms with Gasteiger partial charge in [0.05, 0.1) is 12.1 Å². The van der Waals surface area contributed by atoms with Crippen LogP contribution < -0.4 is 15.4 Å². The van der Waals surface area contributed by atoms with Crippen LogP contribution in [0.5, 0.6) is 5.75 Å². The van der Waals surface area contributed by atoms with Crippen molar-refractivity contribution in [1.29, 1.82) is 0 Å². The van der Waals surface area contributed by atoms with E-state index < -0.39 is 0 Å². The molecule has 0 radical (unpaired) electrons. The summed E-state index contributed by atoms with van der Waals surface area (Å²) in [7, 11) is 0. The maximum absolute atomic E-state index is 12.0. The van der Waals surface area contributed by atoms with Crippen LogP contribution in [0.4, 0.5) is 0 Å². The van der Waals surface area contributed by atoms with E-state index in [2.05, 4.69) is 17.6 Å². The van der Waals surface area contributed by atoms with E-state index in [1.807, 2.05) is 38.1 Å². The Balaban J connectivity index is 1.93. The van der Waals surface area contributed by atoms with Gasteiger partial charge in [-0.3, -0.25) is 10.1 Å². The average Bonchev–Trinajstić information content (AvgIpc) is 2.82. The minimum absolute atomic E-state index is 0.0405. The number of fused-ring (bicyclic) bond motifs is 1. The van der Waals surface area contributed by atoms with Crippen molar-refractivity contribution in [3.8, 4) is 5.75 Å². The van der Waals surface area contributed by atoms with Gasteiger partial charge in [-0.15, -0.1) is 0 Å². The highest BCUT2D eigenvalue weighted by molar-refractivity contribution is 5.81. The Kier molecular flexibility index (Phi) is 4.43. The lowest BCUT2D eigenvalue weighted by molar-refractivity contribution is -0.123. The second-order valence-electron chi connectivity index (χ2n) is 5.11. The fraction of sp³-hybridized carbons (Fsp3) is 0.533. The van der Waals surface area contributed by atoms with Crippen LogP contribution in [0.25, 0.3) is 0 Å². The molecule has 104 valence electrons. The van der Waals surface area contributed by atoms with Crippen molar-refractivity contribution in [3.05, 3.63) is 29.8 Å². The maximum atomic E-state index is 12.0. The first-order chi connectivity index (χ1) is 9.11. The number of para-hydroxylation sites is 1. The highest BCUT2D eigenvalue weighted by Gasteiger charge is 2.26. The molecule has 2 N–H and O–H groups in total. The van der Waals surface area contributed by atoms with Crippen LogP contribution in [0, 0.1) is 0 Å². The number of ether oxygens (including phenoxy) is 1. The van der Waals surface area contributed by atoms with Gasteiger partial charge >= 0.3 is 0 Å². The zero-order chi connectivity index (χ0) is 13.8. The Morgan fingerprint density at radius 3 is 2.89 bits per heavy atom. The fourth-order valence-electron chi connectivity index (χ4n) is 2.15. The van der Waals surface area contributed by atoms with Crippen molar-refractivity contribution in [1.82, 2.24) is 10.6 Å². The molecule has 2 rings (SSSR count). The van der Waals surface area contributed by atoms with E-state index in [4.69, 9.17) is 4.74 Å². The lowest BCUT2D eigenvalue weighted by Gasteiger charge is -2.20. The van der Waals surface area contributed by atoms with Crippen molar-refractivity contribution >= 4 is 5.91 Å². The molecule has 0 saturated carbocycles. The quantitative estimate of drug-likeness (QED) is 0.853. The molecule has 0 fully saturated rings. The molecule has 1 amide bonds. The van der Waals surface area contributed by atoms with Crippen LogP contribution in [0.3, 0.4) is 0 Å². The first-order valence-corrected chi connectivity index (χ1v) is 6.90. The Morgan fingerprint density at radius 2 is 2.16 bits per heavy atom. The van der Waals surface area contributed by atoms with Crippen molar-refractivity contribution in [2.24, 2.45) is 0 Å². The zero-order valence-electron chi connectivity index (χ0n) is 11.8. The van der Waals surface area contributed by atoms with Crippen molar-refractivity contribution in [3.63, 3.8) is 0 Å². The molecule has 0 aromatic heterocycles. The summed E-state index contributed by atoms with van der Waals surface area (Å²) in [5.74, 6) is 0.952. The van der Waals surface area contributed by atoms with Crippen LogP contribution in [-0.4, -0.2) is 24.6 Å². The van der Waals surface area contributed by atoms with Gasteiger partial charge in [-0.25, -0.2) is 0 Å². The topological polar surface area (TPSA) is 50.4 Å². The van der Waals surface area contributed by atoms with Crippen LogP contribution in [0.1, 0.15) is 38.8 Å². The first kappa shape index (κ1) is 13.9. The minimum Gasteiger partial charge on any atom is -0.491 e. The van der Waals surface area contributed by atoms with Gasteiger partial charge in [0.2, 0.25) is 5.91 Å². The number of rotatable bonds is 5. The largest absolute Gasteiger partial charge is 0.491 e. The third kappa shape index (κ3) is 3.26. The number of hydrogen-bond donors (Lipinski definition) is 2. The molecule has 1 aromatic rings. The summed E-state index contributed by atoms with van der Waals surface area (Å²) in [6, 6.07) is 8.03. The number of nitrogens with one attached hydrogen (secondary N) is 2. The summed E-state index contributed by atoms with van der Waals surface area (Å²) in [6.07, 6.45) is 0.938. The molecule has 0 saturated heterocycles. The van der Waals surface area contributed by atoms with Gasteiger partial charge in [-0.05, 0) is 26.3 Å². The van der Waals surface area contributed by atoms with Gasteiger partial charge < -0.3 is 10.1 Å². The molecule has 1 aliphatic heterocycles. The Bertz CT molecular complexity index is 448. The summed E-state index contributed by atoms with van der Waals surface area (Å²) in [5, 5.41) is 6.31. The SMILES string of the molecule is CCC(C)NC(=O)C(C)NC1COc2ccccc21. The second-order valence-corrected chi connectivity index (χ2v) is 5.11. The van der Waals surface area contributed by atoms with E-state index in [0.29, 0.717) is 6.61 Å². The summed E-state index contributed by atoms with van der Waals surface area (Å²) < 4.78 is 5.60. The number of benzene rings is 1. The Morgan fingerprint density at radius 1 is 1.42 bits per heavy atom. The predicted octanol–water partition coefficient (Wildman–Crippen LogP) is 2.01. The molecule has 0 spiro atoms. The van der Waals surface area contributed by atoms with Crippen LogP contribution in [-0.2, 0) is 4.79 Å². The van der Waals surface area contributed by atoms with Gasteiger partial charge in [0.1, 0.15) is 12.4 Å². The number of hydrogen-bond acceptors (Lipinski definition) is 3. The van der Waals surface area contributed by atoms with Crippen LogP contribution in [0.2, 0.25) is 0 Å².